The number of aliphatic hydroxyl groups is 3. The molecule has 0 aromatic rings. The van der Waals surface area contributed by atoms with E-state index in [-0.39, 0.29) is 13.2 Å². The zero-order chi connectivity index (χ0) is 19.7. The number of allylic oxidation sites excluding steroid dienone is 2. The van der Waals surface area contributed by atoms with Crippen molar-refractivity contribution in [3.63, 3.8) is 0 Å². The van der Waals surface area contributed by atoms with Crippen LogP contribution in [0.4, 0.5) is 0 Å². The SMILES string of the molecule is CCCCC/C=C/CCCCCCCCCO[C@H]1CO[C@H](CO)[C@@H](O)[C@@H]1O. The van der Waals surface area contributed by atoms with Gasteiger partial charge in [-0.2, -0.15) is 0 Å². The van der Waals surface area contributed by atoms with Crippen LogP contribution in [-0.2, 0) is 9.47 Å². The number of rotatable bonds is 16. The van der Waals surface area contributed by atoms with Crippen LogP contribution in [0.5, 0.6) is 0 Å². The van der Waals surface area contributed by atoms with Gasteiger partial charge in [0, 0.05) is 6.61 Å². The van der Waals surface area contributed by atoms with E-state index < -0.39 is 24.4 Å². The van der Waals surface area contributed by atoms with E-state index in [1.807, 2.05) is 0 Å². The zero-order valence-corrected chi connectivity index (χ0v) is 17.2. The third-order valence-electron chi connectivity index (χ3n) is 5.25. The fourth-order valence-electron chi connectivity index (χ4n) is 3.39. The summed E-state index contributed by atoms with van der Waals surface area (Å²) in [6, 6.07) is 0. The van der Waals surface area contributed by atoms with Gasteiger partial charge in [0.1, 0.15) is 24.4 Å². The molecule has 1 aliphatic heterocycles. The van der Waals surface area contributed by atoms with Crippen molar-refractivity contribution in [2.75, 3.05) is 19.8 Å². The second kappa shape index (κ2) is 16.5. The lowest BCUT2D eigenvalue weighted by Crippen LogP contribution is -2.55. The van der Waals surface area contributed by atoms with E-state index in [2.05, 4.69) is 19.1 Å². The van der Waals surface area contributed by atoms with Crippen LogP contribution in [0, 0.1) is 0 Å². The molecule has 0 bridgehead atoms. The molecule has 4 atom stereocenters. The van der Waals surface area contributed by atoms with Gasteiger partial charge in [-0.25, -0.2) is 0 Å². The fraction of sp³-hybridized carbons (Fsp3) is 0.909. The number of hydrogen-bond donors (Lipinski definition) is 3. The van der Waals surface area contributed by atoms with Gasteiger partial charge in [0.15, 0.2) is 0 Å². The maximum atomic E-state index is 9.98. The first-order valence-electron chi connectivity index (χ1n) is 11.1. The van der Waals surface area contributed by atoms with E-state index in [4.69, 9.17) is 14.6 Å². The van der Waals surface area contributed by atoms with E-state index in [0.29, 0.717) is 6.61 Å². The fourth-order valence-corrected chi connectivity index (χ4v) is 3.39. The Morgan fingerprint density at radius 2 is 1.44 bits per heavy atom. The molecule has 0 amide bonds. The van der Waals surface area contributed by atoms with Gasteiger partial charge >= 0.3 is 0 Å². The molecule has 1 heterocycles. The van der Waals surface area contributed by atoms with E-state index in [1.165, 1.54) is 64.2 Å². The molecular weight excluding hydrogens is 344 g/mol. The standard InChI is InChI=1S/C22H42O5/c1-2-3-4-5-6-7-8-9-10-11-12-13-14-15-16-26-20-18-27-19(17-23)21(24)22(20)25/h6-7,19-25H,2-5,8-18H2,1H3/b7-6+/t19-,20+,21-,22-/m1/s1. The van der Waals surface area contributed by atoms with Gasteiger partial charge in [0.05, 0.1) is 13.2 Å². The minimum absolute atomic E-state index is 0.219. The van der Waals surface area contributed by atoms with Gasteiger partial charge in [-0.05, 0) is 32.1 Å². The maximum absolute atomic E-state index is 9.98. The molecule has 1 rings (SSSR count). The normalized spacial score (nSPS) is 26.1. The van der Waals surface area contributed by atoms with Crippen LogP contribution in [-0.4, -0.2) is 59.6 Å². The molecule has 0 aromatic heterocycles. The largest absolute Gasteiger partial charge is 0.394 e. The van der Waals surface area contributed by atoms with Crippen molar-refractivity contribution >= 4 is 0 Å². The molecule has 0 saturated carbocycles. The summed E-state index contributed by atoms with van der Waals surface area (Å²) in [6.07, 6.45) is 16.3. The highest BCUT2D eigenvalue weighted by Crippen LogP contribution is 2.18. The van der Waals surface area contributed by atoms with Gasteiger partial charge in [-0.3, -0.25) is 0 Å². The second-order valence-corrected chi connectivity index (χ2v) is 7.68. The Balaban J connectivity index is 1.87. The predicted molar refractivity (Wildman–Crippen MR) is 109 cm³/mol. The van der Waals surface area contributed by atoms with Crippen molar-refractivity contribution in [2.45, 2.75) is 108 Å². The smallest absolute Gasteiger partial charge is 0.111 e. The number of aliphatic hydroxyl groups excluding tert-OH is 3. The van der Waals surface area contributed by atoms with Crippen molar-refractivity contribution in [2.24, 2.45) is 0 Å². The summed E-state index contributed by atoms with van der Waals surface area (Å²) >= 11 is 0. The summed E-state index contributed by atoms with van der Waals surface area (Å²) in [4.78, 5) is 0. The summed E-state index contributed by atoms with van der Waals surface area (Å²) in [5.74, 6) is 0. The highest BCUT2D eigenvalue weighted by molar-refractivity contribution is 4.87. The summed E-state index contributed by atoms with van der Waals surface area (Å²) in [7, 11) is 0. The lowest BCUT2D eigenvalue weighted by Gasteiger charge is -2.36. The first kappa shape index (κ1) is 24.6. The molecular formula is C22H42O5. The summed E-state index contributed by atoms with van der Waals surface area (Å²) in [5, 5.41) is 28.8. The molecule has 0 aromatic carbocycles. The van der Waals surface area contributed by atoms with Crippen molar-refractivity contribution in [1.29, 1.82) is 0 Å². The molecule has 1 aliphatic rings. The predicted octanol–water partition coefficient (Wildman–Crippen LogP) is 3.74. The molecule has 1 saturated heterocycles. The van der Waals surface area contributed by atoms with Crippen molar-refractivity contribution in [3.8, 4) is 0 Å². The molecule has 27 heavy (non-hydrogen) atoms. The summed E-state index contributed by atoms with van der Waals surface area (Å²) in [5.41, 5.74) is 0. The van der Waals surface area contributed by atoms with Crippen molar-refractivity contribution in [1.82, 2.24) is 0 Å². The minimum Gasteiger partial charge on any atom is -0.394 e. The topological polar surface area (TPSA) is 79.2 Å². The van der Waals surface area contributed by atoms with Gasteiger partial charge in [0.25, 0.3) is 0 Å². The quantitative estimate of drug-likeness (QED) is 0.278. The molecule has 3 N–H and O–H groups in total. The Morgan fingerprint density at radius 3 is 2.07 bits per heavy atom. The first-order chi connectivity index (χ1) is 13.2. The lowest BCUT2D eigenvalue weighted by molar-refractivity contribution is -0.208. The average molecular weight is 387 g/mol. The molecule has 0 spiro atoms. The van der Waals surface area contributed by atoms with Crippen molar-refractivity contribution in [3.05, 3.63) is 12.2 Å². The Kier molecular flexibility index (Phi) is 15.0. The molecule has 160 valence electrons. The minimum atomic E-state index is -1.08. The van der Waals surface area contributed by atoms with Crippen LogP contribution in [0.1, 0.15) is 84.0 Å². The van der Waals surface area contributed by atoms with E-state index in [9.17, 15) is 10.2 Å². The Bertz CT molecular complexity index is 361. The number of unbranched alkanes of at least 4 members (excludes halogenated alkanes) is 10. The highest BCUT2D eigenvalue weighted by Gasteiger charge is 2.38. The highest BCUT2D eigenvalue weighted by atomic mass is 16.6. The Hall–Kier alpha value is -0.460. The van der Waals surface area contributed by atoms with Crippen LogP contribution in [0.2, 0.25) is 0 Å². The molecule has 1 fully saturated rings. The average Bonchev–Trinajstić information content (AvgIpc) is 2.68. The zero-order valence-electron chi connectivity index (χ0n) is 17.2. The van der Waals surface area contributed by atoms with E-state index >= 15 is 0 Å². The molecule has 0 radical (unpaired) electrons. The third-order valence-corrected chi connectivity index (χ3v) is 5.25. The summed E-state index contributed by atoms with van der Waals surface area (Å²) in [6.45, 7) is 2.74. The summed E-state index contributed by atoms with van der Waals surface area (Å²) < 4.78 is 10.9. The van der Waals surface area contributed by atoms with Gasteiger partial charge in [-0.15, -0.1) is 0 Å². The second-order valence-electron chi connectivity index (χ2n) is 7.68. The van der Waals surface area contributed by atoms with E-state index in [1.54, 1.807) is 0 Å². The molecule has 0 unspecified atom stereocenters. The maximum Gasteiger partial charge on any atom is 0.111 e. The molecule has 0 aliphatic carbocycles. The van der Waals surface area contributed by atoms with Crippen LogP contribution in [0.25, 0.3) is 0 Å². The van der Waals surface area contributed by atoms with Gasteiger partial charge < -0.3 is 24.8 Å². The van der Waals surface area contributed by atoms with E-state index in [0.717, 1.165) is 12.8 Å². The third kappa shape index (κ3) is 11.2. The van der Waals surface area contributed by atoms with Crippen molar-refractivity contribution < 1.29 is 24.8 Å². The molecule has 5 nitrogen and oxygen atoms in total. The Morgan fingerprint density at radius 1 is 0.852 bits per heavy atom. The van der Waals surface area contributed by atoms with Gasteiger partial charge in [0.2, 0.25) is 0 Å². The number of ether oxygens (including phenoxy) is 2. The van der Waals surface area contributed by atoms with Crippen LogP contribution in [0.3, 0.4) is 0 Å². The van der Waals surface area contributed by atoms with Gasteiger partial charge in [-0.1, -0.05) is 64.0 Å². The first-order valence-corrected chi connectivity index (χ1v) is 11.1. The molecule has 5 heteroatoms. The van der Waals surface area contributed by atoms with Crippen LogP contribution < -0.4 is 0 Å². The van der Waals surface area contributed by atoms with Crippen LogP contribution >= 0.6 is 0 Å². The lowest BCUT2D eigenvalue weighted by atomic mass is 10.0. The monoisotopic (exact) mass is 386 g/mol. The van der Waals surface area contributed by atoms with Crippen LogP contribution in [0.15, 0.2) is 12.2 Å². The Labute approximate surface area is 165 Å². The number of hydrogen-bond acceptors (Lipinski definition) is 5.